The minimum Gasteiger partial charge on any atom is -1.00 e. The molecule has 0 amide bonds. The Morgan fingerprint density at radius 2 is 1.00 bits per heavy atom. The van der Waals surface area contributed by atoms with Crippen molar-refractivity contribution in [3.05, 3.63) is 180 Å². The molecule has 0 radical (unpaired) electrons. The maximum atomic E-state index is 2.38. The van der Waals surface area contributed by atoms with Gasteiger partial charge in [-0.3, -0.25) is 0 Å². The van der Waals surface area contributed by atoms with Gasteiger partial charge in [-0.2, -0.15) is 12.1 Å². The molecule has 9 aromatic carbocycles. The Labute approximate surface area is 361 Å². The Hall–Kier alpha value is -4.04. The normalized spacial score (nSPS) is 10.7. The van der Waals surface area contributed by atoms with Crippen LogP contribution in [0.25, 0.3) is 76.5 Å². The first kappa shape index (κ1) is 43.1. The molecule has 0 bridgehead atoms. The summed E-state index contributed by atoms with van der Waals surface area (Å²) in [4.78, 5) is 0. The Bertz CT molecular complexity index is 2720. The van der Waals surface area contributed by atoms with Gasteiger partial charge in [0.25, 0.3) is 0 Å². The molecule has 9 rings (SSSR count). The van der Waals surface area contributed by atoms with E-state index in [9.17, 15) is 0 Å². The number of fused-ring (bicyclic) bond motifs is 4. The summed E-state index contributed by atoms with van der Waals surface area (Å²) in [6.45, 7) is 13.3. The summed E-state index contributed by atoms with van der Waals surface area (Å²) >= 11 is 1.75. The van der Waals surface area contributed by atoms with Crippen molar-refractivity contribution in [2.24, 2.45) is 0 Å². The zero-order valence-corrected chi connectivity index (χ0v) is 38.3. The molecule has 0 aromatic heterocycles. The monoisotopic (exact) mass is 860 g/mol. The van der Waals surface area contributed by atoms with E-state index >= 15 is 0 Å². The van der Waals surface area contributed by atoms with Crippen molar-refractivity contribution in [3.8, 4) is 33.4 Å². The Kier molecular flexibility index (Phi) is 14.9. The van der Waals surface area contributed by atoms with Crippen molar-refractivity contribution in [1.82, 2.24) is 0 Å². The van der Waals surface area contributed by atoms with Crippen molar-refractivity contribution in [2.75, 3.05) is 0 Å². The SMILES string of the molecule is CC[SiH]=[Zr+2].Cc1cc(C)cc(-c2cccc3[cH-]c(C(C)C)cc23)c1.Cc1cc2c(-c3cccc4ccccc34)cc(-c3cccc4ccccc34)cc2[cH-]1.[Cl-].[Cl-]. The minimum absolute atomic E-state index is 0. The van der Waals surface area contributed by atoms with Crippen LogP contribution in [0.5, 0.6) is 0 Å². The summed E-state index contributed by atoms with van der Waals surface area (Å²) in [5, 5.41) is 10.5. The smallest absolute Gasteiger partial charge is 0.0114 e. The van der Waals surface area contributed by atoms with Crippen molar-refractivity contribution in [1.29, 1.82) is 0 Å². The van der Waals surface area contributed by atoms with E-state index in [0.29, 0.717) is 5.92 Å². The Morgan fingerprint density at radius 3 is 1.61 bits per heavy atom. The van der Waals surface area contributed by atoms with Crippen LogP contribution in [0.2, 0.25) is 6.04 Å². The molecule has 0 N–H and O–H groups in total. The van der Waals surface area contributed by atoms with Crippen molar-refractivity contribution >= 4 is 49.2 Å². The number of hydrogen-bond donors (Lipinski definition) is 0. The molecule has 0 nitrogen and oxygen atoms in total. The maximum Gasteiger partial charge on any atom is -0.0114 e. The predicted octanol–water partition coefficient (Wildman–Crippen LogP) is 8.80. The average molecular weight is 863 g/mol. The zero-order valence-electron chi connectivity index (χ0n) is 33.1. The fourth-order valence-electron chi connectivity index (χ4n) is 7.76. The Morgan fingerprint density at radius 1 is 0.500 bits per heavy atom. The summed E-state index contributed by atoms with van der Waals surface area (Å²) in [6.07, 6.45) is 0.872. The minimum atomic E-state index is 0. The second-order valence-corrected chi connectivity index (χ2v) is 19.1. The summed E-state index contributed by atoms with van der Waals surface area (Å²) < 4.78 is 0. The van der Waals surface area contributed by atoms with Gasteiger partial charge in [-0.1, -0.05) is 164 Å². The molecule has 0 saturated carbocycles. The van der Waals surface area contributed by atoms with Crippen LogP contribution in [0, 0.1) is 20.8 Å². The second kappa shape index (κ2) is 19.4. The zero-order chi connectivity index (χ0) is 37.8. The number of rotatable bonds is 5. The average Bonchev–Trinajstić information content (AvgIpc) is 3.80. The van der Waals surface area contributed by atoms with E-state index in [2.05, 4.69) is 199 Å². The first-order valence-corrected chi connectivity index (χ1v) is 24.8. The standard InChI is InChI=1S/C30H21.C20H21.C2H6Si.2ClH.Zr/c1-20-16-23-18-24(27-14-6-10-21-8-2-4-12-25(21)27)19-30(29(23)17-20)28-15-7-11-22-9-3-5-13-26(22)28;1-13(2)17-11-16-6-5-7-19(20(16)12-17)18-9-14(3)8-15(4)10-18;1-2-3;;;/h2-19H,1H3;5-13H,1-4H3;3H,2H2,1H3;2*1H;/q2*-1;;;;+2/p-2. The van der Waals surface area contributed by atoms with Gasteiger partial charge in [0.15, 0.2) is 0 Å². The third kappa shape index (κ3) is 9.39. The third-order valence-electron chi connectivity index (χ3n) is 10.3. The van der Waals surface area contributed by atoms with Gasteiger partial charge in [-0.15, -0.1) is 63.0 Å². The van der Waals surface area contributed by atoms with E-state index in [0.717, 1.165) is 6.16 Å². The topological polar surface area (TPSA) is 0 Å². The summed E-state index contributed by atoms with van der Waals surface area (Å²) in [5.41, 5.74) is 13.2. The first-order valence-electron chi connectivity index (χ1n) is 19.2. The van der Waals surface area contributed by atoms with Crippen LogP contribution in [0.4, 0.5) is 0 Å². The molecule has 0 atom stereocenters. The second-order valence-electron chi connectivity index (χ2n) is 14.9. The molecule has 0 aliphatic rings. The molecule has 280 valence electrons. The van der Waals surface area contributed by atoms with Crippen LogP contribution in [0.3, 0.4) is 0 Å². The van der Waals surface area contributed by atoms with Gasteiger partial charge in [-0.25, -0.2) is 0 Å². The number of hydrogen-bond acceptors (Lipinski definition) is 0. The fourth-order valence-corrected chi connectivity index (χ4v) is 7.76. The van der Waals surface area contributed by atoms with E-state index in [1.54, 1.807) is 23.3 Å². The molecular weight excluding hydrogens is 815 g/mol. The molecule has 0 aliphatic heterocycles. The van der Waals surface area contributed by atoms with Crippen molar-refractivity contribution < 1.29 is 48.1 Å². The summed E-state index contributed by atoms with van der Waals surface area (Å²) in [6, 6.07) is 59.4. The van der Waals surface area contributed by atoms with Crippen LogP contribution in [-0.2, 0) is 23.3 Å². The fraction of sp³-hybridized carbons (Fsp3) is 0.154. The molecule has 0 fully saturated rings. The molecule has 0 spiro atoms. The van der Waals surface area contributed by atoms with Crippen molar-refractivity contribution in [2.45, 2.75) is 53.5 Å². The molecule has 0 aliphatic carbocycles. The van der Waals surface area contributed by atoms with Crippen molar-refractivity contribution in [3.63, 3.8) is 0 Å². The summed E-state index contributed by atoms with van der Waals surface area (Å²) in [7, 11) is 0. The van der Waals surface area contributed by atoms with Gasteiger partial charge in [0.05, 0.1) is 0 Å². The molecule has 0 heterocycles. The van der Waals surface area contributed by atoms with Crippen LogP contribution >= 0.6 is 0 Å². The van der Waals surface area contributed by atoms with Gasteiger partial charge in [0.1, 0.15) is 0 Å². The predicted molar refractivity (Wildman–Crippen MR) is 236 cm³/mol. The first-order chi connectivity index (χ1) is 26.2. The van der Waals surface area contributed by atoms with Crippen LogP contribution in [0.15, 0.2) is 158 Å². The maximum absolute atomic E-state index is 2.38. The molecule has 56 heavy (non-hydrogen) atoms. The van der Waals surface area contributed by atoms with E-state index < -0.39 is 0 Å². The number of halogens is 2. The van der Waals surface area contributed by atoms with Gasteiger partial charge >= 0.3 is 42.5 Å². The Balaban J connectivity index is 0.000000201. The van der Waals surface area contributed by atoms with E-state index in [-0.39, 0.29) is 24.8 Å². The quantitative estimate of drug-likeness (QED) is 0.120. The molecule has 9 aromatic rings. The molecule has 0 unspecified atom stereocenters. The van der Waals surface area contributed by atoms with Crippen LogP contribution < -0.4 is 24.8 Å². The number of benzene rings is 7. The van der Waals surface area contributed by atoms with Gasteiger partial charge in [-0.05, 0) is 58.0 Å². The van der Waals surface area contributed by atoms with Gasteiger partial charge in [0.2, 0.25) is 0 Å². The van der Waals surface area contributed by atoms with Gasteiger partial charge in [0, 0.05) is 0 Å². The molecule has 0 saturated heterocycles. The van der Waals surface area contributed by atoms with Gasteiger partial charge < -0.3 is 24.8 Å². The largest absolute Gasteiger partial charge is 1.00 e. The number of aryl methyl sites for hydroxylation is 3. The van der Waals surface area contributed by atoms with Crippen LogP contribution in [-0.4, -0.2) is 6.16 Å². The third-order valence-corrected chi connectivity index (χ3v) is 13.7. The van der Waals surface area contributed by atoms with Crippen LogP contribution in [0.1, 0.15) is 48.9 Å². The van der Waals surface area contributed by atoms with E-state index in [4.69, 9.17) is 0 Å². The van der Waals surface area contributed by atoms with E-state index in [1.807, 2.05) is 0 Å². The molecular formula is C52H48Cl2SiZr-2. The molecule has 4 heteroatoms. The van der Waals surface area contributed by atoms with E-state index in [1.165, 1.54) is 105 Å². The summed E-state index contributed by atoms with van der Waals surface area (Å²) in [5.74, 6) is 0.578.